The number of ether oxygens (including phenoxy) is 1. The van der Waals surface area contributed by atoms with Gasteiger partial charge in [-0.1, -0.05) is 24.3 Å². The molecule has 1 saturated heterocycles. The number of aliphatic imine (C=N–C) groups is 1. The molecule has 1 aliphatic rings. The largest absolute Gasteiger partial charge is 0.383 e. The lowest BCUT2D eigenvalue weighted by atomic mass is 10.3. The van der Waals surface area contributed by atoms with Crippen molar-refractivity contribution in [2.45, 2.75) is 0 Å². The maximum absolute atomic E-state index is 12.6. The molecular weight excluding hydrogens is 328 g/mol. The highest BCUT2D eigenvalue weighted by molar-refractivity contribution is 8.18. The van der Waals surface area contributed by atoms with Crippen LogP contribution in [0.5, 0.6) is 0 Å². The Hall–Kier alpha value is -1.89. The van der Waals surface area contributed by atoms with E-state index in [9.17, 15) is 4.79 Å². The van der Waals surface area contributed by atoms with Gasteiger partial charge >= 0.3 is 0 Å². The van der Waals surface area contributed by atoms with Gasteiger partial charge < -0.3 is 4.74 Å². The van der Waals surface area contributed by atoms with E-state index in [0.717, 1.165) is 10.6 Å². The van der Waals surface area contributed by atoms with Gasteiger partial charge in [0, 0.05) is 12.0 Å². The maximum Gasteiger partial charge on any atom is 0.266 e. The predicted molar refractivity (Wildman–Crippen MR) is 97.0 cm³/mol. The van der Waals surface area contributed by atoms with Gasteiger partial charge in [0.05, 0.1) is 23.7 Å². The molecular formula is C17H16N2O2S2. The summed E-state index contributed by atoms with van der Waals surface area (Å²) in [6, 6.07) is 13.6. The smallest absolute Gasteiger partial charge is 0.266 e. The van der Waals surface area contributed by atoms with Crippen LogP contribution < -0.4 is 0 Å². The van der Waals surface area contributed by atoms with Gasteiger partial charge in [0.15, 0.2) is 5.17 Å². The third kappa shape index (κ3) is 3.90. The molecule has 1 aromatic heterocycles. The third-order valence-corrected chi connectivity index (χ3v) is 5.03. The van der Waals surface area contributed by atoms with E-state index >= 15 is 0 Å². The first-order chi connectivity index (χ1) is 11.3. The van der Waals surface area contributed by atoms with Gasteiger partial charge in [0.1, 0.15) is 0 Å². The molecule has 2 aromatic rings. The summed E-state index contributed by atoms with van der Waals surface area (Å²) in [6.07, 6.45) is 1.92. The van der Waals surface area contributed by atoms with Crippen LogP contribution in [0.25, 0.3) is 6.08 Å². The molecule has 0 aliphatic carbocycles. The minimum atomic E-state index is -0.0184. The van der Waals surface area contributed by atoms with Crippen LogP contribution in [0.1, 0.15) is 4.88 Å². The molecule has 0 spiro atoms. The van der Waals surface area contributed by atoms with Crippen LogP contribution in [-0.2, 0) is 9.53 Å². The van der Waals surface area contributed by atoms with Crippen molar-refractivity contribution in [3.63, 3.8) is 0 Å². The molecule has 4 nitrogen and oxygen atoms in total. The summed E-state index contributed by atoms with van der Waals surface area (Å²) in [4.78, 5) is 20.7. The van der Waals surface area contributed by atoms with E-state index in [1.165, 1.54) is 11.8 Å². The number of amides is 1. The summed E-state index contributed by atoms with van der Waals surface area (Å²) in [6.45, 7) is 0.974. The van der Waals surface area contributed by atoms with Crippen LogP contribution in [0.2, 0.25) is 0 Å². The normalized spacial score (nSPS) is 18.3. The van der Waals surface area contributed by atoms with Crippen molar-refractivity contribution in [1.29, 1.82) is 0 Å². The first-order valence-corrected chi connectivity index (χ1v) is 8.85. The summed E-state index contributed by atoms with van der Waals surface area (Å²) in [5, 5.41) is 2.69. The zero-order valence-electron chi connectivity index (χ0n) is 12.6. The van der Waals surface area contributed by atoms with Gasteiger partial charge in [-0.25, -0.2) is 4.99 Å². The number of amidine groups is 1. The second-order valence-corrected chi connectivity index (χ2v) is 6.79. The molecule has 0 unspecified atom stereocenters. The van der Waals surface area contributed by atoms with E-state index < -0.39 is 0 Å². The molecule has 118 valence electrons. The quantitative estimate of drug-likeness (QED) is 0.770. The average molecular weight is 344 g/mol. The number of hydrogen-bond acceptors (Lipinski definition) is 5. The summed E-state index contributed by atoms with van der Waals surface area (Å²) in [5.41, 5.74) is 0.836. The Morgan fingerprint density at radius 1 is 1.22 bits per heavy atom. The number of thioether (sulfide) groups is 1. The molecule has 3 rings (SSSR count). The van der Waals surface area contributed by atoms with Crippen molar-refractivity contribution in [2.75, 3.05) is 20.3 Å². The fourth-order valence-corrected chi connectivity index (χ4v) is 3.83. The SMILES string of the molecule is COCCN1C(=O)C(=Cc2cccs2)SC1=Nc1ccccc1. The first kappa shape index (κ1) is 16.0. The van der Waals surface area contributed by atoms with Crippen molar-refractivity contribution in [1.82, 2.24) is 4.90 Å². The monoisotopic (exact) mass is 344 g/mol. The number of thiophene rings is 1. The lowest BCUT2D eigenvalue weighted by Gasteiger charge is -2.14. The van der Waals surface area contributed by atoms with Crippen LogP contribution in [0.15, 0.2) is 57.7 Å². The second kappa shape index (κ2) is 7.59. The fraction of sp³-hybridized carbons (Fsp3) is 0.176. The fourth-order valence-electron chi connectivity index (χ4n) is 2.09. The van der Waals surface area contributed by atoms with Crippen LogP contribution in [0.3, 0.4) is 0 Å². The van der Waals surface area contributed by atoms with E-state index in [1.54, 1.807) is 23.3 Å². The van der Waals surface area contributed by atoms with E-state index in [4.69, 9.17) is 4.74 Å². The molecule has 1 aliphatic heterocycles. The van der Waals surface area contributed by atoms with E-state index in [2.05, 4.69) is 4.99 Å². The Kier molecular flexibility index (Phi) is 5.27. The molecule has 0 bridgehead atoms. The highest BCUT2D eigenvalue weighted by atomic mass is 32.2. The number of rotatable bonds is 5. The molecule has 1 amide bonds. The molecule has 0 N–H and O–H groups in total. The van der Waals surface area contributed by atoms with Gasteiger partial charge in [0.25, 0.3) is 5.91 Å². The number of carbonyl (C=O) groups is 1. The molecule has 6 heteroatoms. The number of benzene rings is 1. The predicted octanol–water partition coefficient (Wildman–Crippen LogP) is 4.00. The van der Waals surface area contributed by atoms with Gasteiger partial charge in [0.2, 0.25) is 0 Å². The second-order valence-electron chi connectivity index (χ2n) is 4.81. The summed E-state index contributed by atoms with van der Waals surface area (Å²) >= 11 is 3.02. The van der Waals surface area contributed by atoms with Crippen LogP contribution in [0, 0.1) is 0 Å². The number of nitrogens with zero attached hydrogens (tertiary/aromatic N) is 2. The van der Waals surface area contributed by atoms with Crippen molar-refractivity contribution in [3.05, 3.63) is 57.6 Å². The molecule has 0 radical (unpaired) electrons. The number of carbonyl (C=O) groups excluding carboxylic acids is 1. The molecule has 0 atom stereocenters. The molecule has 2 heterocycles. The Morgan fingerprint density at radius 2 is 2.04 bits per heavy atom. The van der Waals surface area contributed by atoms with Crippen LogP contribution >= 0.6 is 23.1 Å². The highest BCUT2D eigenvalue weighted by Gasteiger charge is 2.33. The highest BCUT2D eigenvalue weighted by Crippen LogP contribution is 2.34. The van der Waals surface area contributed by atoms with Crippen molar-refractivity contribution < 1.29 is 9.53 Å². The Bertz CT molecular complexity index is 724. The van der Waals surface area contributed by atoms with Crippen molar-refractivity contribution in [2.24, 2.45) is 4.99 Å². The van der Waals surface area contributed by atoms with Crippen molar-refractivity contribution in [3.8, 4) is 0 Å². The Balaban J connectivity index is 1.90. The minimum absolute atomic E-state index is 0.0184. The van der Waals surface area contributed by atoms with E-state index in [1.807, 2.05) is 53.9 Å². The number of para-hydroxylation sites is 1. The maximum atomic E-state index is 12.6. The lowest BCUT2D eigenvalue weighted by molar-refractivity contribution is -0.122. The van der Waals surface area contributed by atoms with Gasteiger partial charge in [-0.05, 0) is 41.4 Å². The van der Waals surface area contributed by atoms with Crippen molar-refractivity contribution >= 4 is 45.9 Å². The molecule has 1 fully saturated rings. The third-order valence-electron chi connectivity index (χ3n) is 3.20. The summed E-state index contributed by atoms with van der Waals surface area (Å²) in [5.74, 6) is -0.0184. The zero-order valence-corrected chi connectivity index (χ0v) is 14.3. The summed E-state index contributed by atoms with van der Waals surface area (Å²) in [7, 11) is 1.63. The Labute approximate surface area is 143 Å². The molecule has 1 aromatic carbocycles. The molecule has 23 heavy (non-hydrogen) atoms. The first-order valence-electron chi connectivity index (χ1n) is 7.15. The molecule has 0 saturated carbocycles. The number of hydrogen-bond donors (Lipinski definition) is 0. The van der Waals surface area contributed by atoms with Gasteiger partial charge in [-0.3, -0.25) is 9.69 Å². The standard InChI is InChI=1S/C17H16N2O2S2/c1-21-10-9-19-16(20)15(12-14-8-5-11-22-14)23-17(19)18-13-6-3-2-4-7-13/h2-8,11-12H,9-10H2,1H3. The topological polar surface area (TPSA) is 41.9 Å². The lowest BCUT2D eigenvalue weighted by Crippen LogP contribution is -2.32. The summed E-state index contributed by atoms with van der Waals surface area (Å²) < 4.78 is 5.12. The van der Waals surface area contributed by atoms with Gasteiger partial charge in [-0.15, -0.1) is 11.3 Å². The van der Waals surface area contributed by atoms with E-state index in [-0.39, 0.29) is 5.91 Å². The minimum Gasteiger partial charge on any atom is -0.383 e. The van der Waals surface area contributed by atoms with Crippen LogP contribution in [-0.4, -0.2) is 36.2 Å². The zero-order chi connectivity index (χ0) is 16.1. The number of methoxy groups -OCH3 is 1. The van der Waals surface area contributed by atoms with Crippen LogP contribution in [0.4, 0.5) is 5.69 Å². The van der Waals surface area contributed by atoms with Gasteiger partial charge in [-0.2, -0.15) is 0 Å². The Morgan fingerprint density at radius 3 is 2.74 bits per heavy atom. The van der Waals surface area contributed by atoms with E-state index in [0.29, 0.717) is 23.2 Å². The average Bonchev–Trinajstić information content (AvgIpc) is 3.17.